The minimum atomic E-state index is -4.68. The van der Waals surface area contributed by atoms with Gasteiger partial charge in [0.25, 0.3) is 16.0 Å². The average molecular weight is 573 g/mol. The zero-order valence-corrected chi connectivity index (χ0v) is 22.1. The maximum absolute atomic E-state index is 13.8. The molecular formula is C26H23ClF2N6O3S. The van der Waals surface area contributed by atoms with Crippen molar-refractivity contribution in [2.45, 2.75) is 24.2 Å². The Morgan fingerprint density at radius 1 is 1.08 bits per heavy atom. The summed E-state index contributed by atoms with van der Waals surface area (Å²) in [5.41, 5.74) is 8.06. The molecule has 0 unspecified atom stereocenters. The Morgan fingerprint density at radius 3 is 2.33 bits per heavy atom. The standard InChI is InChI=1S/C26H23ClF2N6O3S/c1-16(36)31-25(30)32-26(34-39(37,38)22-14-20(28)13-21(29)15-22)35-12-11-23(17-5-3-2-4-6-17)24(33-35)18-7-9-19(27)10-8-18/h2-10,13-15,23H,11-12H2,1H3,(H3,30,31,32,34,36)/t23-/m0/s1. The second-order valence-corrected chi connectivity index (χ2v) is 10.6. The number of hydrazone groups is 1. The molecule has 1 aliphatic heterocycles. The number of nitrogens with two attached hydrogens (primary N) is 1. The highest BCUT2D eigenvalue weighted by Gasteiger charge is 2.29. The number of carbonyl (C=O) groups excluding carboxylic acids is 1. The first kappa shape index (κ1) is 27.9. The SMILES string of the molecule is CC(=O)N/C(N)=N/C(=N/S(=O)(=O)c1cc(F)cc(F)c1)N1CC[C@@H](c2ccccc2)C(c2ccc(Cl)cc2)=N1. The van der Waals surface area contributed by atoms with Gasteiger partial charge in [0, 0.05) is 30.5 Å². The van der Waals surface area contributed by atoms with E-state index in [9.17, 15) is 22.0 Å². The number of guanidine groups is 2. The minimum Gasteiger partial charge on any atom is -0.369 e. The molecule has 13 heteroatoms. The van der Waals surface area contributed by atoms with Crippen LogP contribution in [-0.2, 0) is 14.8 Å². The Balaban J connectivity index is 1.86. The van der Waals surface area contributed by atoms with E-state index in [0.29, 0.717) is 40.9 Å². The summed E-state index contributed by atoms with van der Waals surface area (Å²) < 4.78 is 57.4. The molecule has 0 radical (unpaired) electrons. The molecule has 1 amide bonds. The molecule has 0 saturated heterocycles. The van der Waals surface area contributed by atoms with Crippen molar-refractivity contribution in [2.75, 3.05) is 6.54 Å². The molecule has 9 nitrogen and oxygen atoms in total. The van der Waals surface area contributed by atoms with Crippen LogP contribution in [0.1, 0.15) is 30.4 Å². The number of sulfonamides is 1. The van der Waals surface area contributed by atoms with Gasteiger partial charge in [0.15, 0.2) is 0 Å². The van der Waals surface area contributed by atoms with E-state index >= 15 is 0 Å². The lowest BCUT2D eigenvalue weighted by atomic mass is 9.86. The summed E-state index contributed by atoms with van der Waals surface area (Å²) in [6, 6.07) is 18.3. The molecule has 1 heterocycles. The lowest BCUT2D eigenvalue weighted by Crippen LogP contribution is -2.40. The summed E-state index contributed by atoms with van der Waals surface area (Å²) in [6.07, 6.45) is 0.467. The van der Waals surface area contributed by atoms with Crippen LogP contribution in [-0.4, -0.2) is 43.5 Å². The zero-order valence-electron chi connectivity index (χ0n) is 20.6. The van der Waals surface area contributed by atoms with Crippen LogP contribution in [0.25, 0.3) is 0 Å². The van der Waals surface area contributed by atoms with E-state index < -0.39 is 44.4 Å². The minimum absolute atomic E-state index is 0.152. The van der Waals surface area contributed by atoms with Crippen LogP contribution in [0.2, 0.25) is 5.02 Å². The Kier molecular flexibility index (Phi) is 8.36. The van der Waals surface area contributed by atoms with E-state index in [4.69, 9.17) is 17.3 Å². The van der Waals surface area contributed by atoms with Crippen LogP contribution in [0.3, 0.4) is 0 Å². The molecule has 3 aromatic carbocycles. The topological polar surface area (TPSA) is 130 Å². The fourth-order valence-corrected chi connectivity index (χ4v) is 5.06. The van der Waals surface area contributed by atoms with Gasteiger partial charge in [0.2, 0.25) is 11.9 Å². The van der Waals surface area contributed by atoms with Gasteiger partial charge in [-0.05, 0) is 41.8 Å². The van der Waals surface area contributed by atoms with Crippen LogP contribution in [0, 0.1) is 11.6 Å². The van der Waals surface area contributed by atoms with Gasteiger partial charge in [0.1, 0.15) is 11.6 Å². The molecule has 3 N–H and O–H groups in total. The summed E-state index contributed by atoms with van der Waals surface area (Å²) in [7, 11) is -4.68. The van der Waals surface area contributed by atoms with Crippen LogP contribution in [0.5, 0.6) is 0 Å². The fourth-order valence-electron chi connectivity index (χ4n) is 3.95. The molecular weight excluding hydrogens is 550 g/mol. The molecule has 39 heavy (non-hydrogen) atoms. The van der Waals surface area contributed by atoms with Crippen LogP contribution >= 0.6 is 11.6 Å². The number of carbonyl (C=O) groups is 1. The van der Waals surface area contributed by atoms with Crippen LogP contribution in [0.4, 0.5) is 8.78 Å². The number of nitrogens with zero attached hydrogens (tertiary/aromatic N) is 4. The summed E-state index contributed by atoms with van der Waals surface area (Å²) in [5.74, 6) is -3.88. The van der Waals surface area contributed by atoms with Gasteiger partial charge in [0.05, 0.1) is 10.6 Å². The van der Waals surface area contributed by atoms with Crippen molar-refractivity contribution in [1.82, 2.24) is 10.3 Å². The molecule has 1 aliphatic rings. The second kappa shape index (κ2) is 11.7. The molecule has 1 atom stereocenters. The summed E-state index contributed by atoms with van der Waals surface area (Å²) in [5, 5.41) is 8.65. The highest BCUT2D eigenvalue weighted by Crippen LogP contribution is 2.30. The highest BCUT2D eigenvalue weighted by atomic mass is 35.5. The number of nitrogens with one attached hydrogen (secondary N) is 1. The number of hydrogen-bond acceptors (Lipinski definition) is 4. The summed E-state index contributed by atoms with van der Waals surface area (Å²) in [4.78, 5) is 14.7. The number of hydrogen-bond donors (Lipinski definition) is 2. The zero-order chi connectivity index (χ0) is 28.2. The first-order valence-electron chi connectivity index (χ1n) is 11.6. The maximum Gasteiger partial charge on any atom is 0.285 e. The third kappa shape index (κ3) is 7.03. The van der Waals surface area contributed by atoms with E-state index in [2.05, 4.69) is 19.8 Å². The number of rotatable bonds is 4. The number of benzene rings is 3. The number of aliphatic imine (C=N–C) groups is 1. The molecule has 202 valence electrons. The molecule has 0 aromatic heterocycles. The molecule has 0 aliphatic carbocycles. The third-order valence-corrected chi connectivity index (χ3v) is 7.11. The van der Waals surface area contributed by atoms with E-state index in [0.717, 1.165) is 5.56 Å². The van der Waals surface area contributed by atoms with Gasteiger partial charge in [-0.3, -0.25) is 10.1 Å². The first-order chi connectivity index (χ1) is 18.5. The average Bonchev–Trinajstić information content (AvgIpc) is 2.88. The molecule has 0 spiro atoms. The summed E-state index contributed by atoms with van der Waals surface area (Å²) in [6.45, 7) is 1.34. The van der Waals surface area contributed by atoms with Gasteiger partial charge in [-0.1, -0.05) is 54.1 Å². The van der Waals surface area contributed by atoms with Gasteiger partial charge in [-0.15, -0.1) is 4.40 Å². The second-order valence-electron chi connectivity index (χ2n) is 8.52. The lowest BCUT2D eigenvalue weighted by molar-refractivity contribution is -0.117. The van der Waals surface area contributed by atoms with Gasteiger partial charge in [-0.2, -0.15) is 18.5 Å². The monoisotopic (exact) mass is 572 g/mol. The molecule has 0 saturated carbocycles. The van der Waals surface area contributed by atoms with Gasteiger partial charge in [-0.25, -0.2) is 13.8 Å². The van der Waals surface area contributed by atoms with Gasteiger partial charge >= 0.3 is 0 Å². The number of amides is 1. The van der Waals surface area contributed by atoms with Crippen molar-refractivity contribution in [3.8, 4) is 0 Å². The fraction of sp³-hybridized carbons (Fsp3) is 0.154. The number of halogens is 3. The van der Waals surface area contributed by atoms with E-state index in [1.807, 2.05) is 30.3 Å². The molecule has 3 aromatic rings. The van der Waals surface area contributed by atoms with E-state index in [1.165, 1.54) is 11.9 Å². The van der Waals surface area contributed by atoms with Crippen molar-refractivity contribution in [1.29, 1.82) is 0 Å². The van der Waals surface area contributed by atoms with Crippen LogP contribution in [0.15, 0.2) is 92.2 Å². The van der Waals surface area contributed by atoms with Crippen molar-refractivity contribution >= 4 is 45.2 Å². The Bertz CT molecular complexity index is 1560. The lowest BCUT2D eigenvalue weighted by Gasteiger charge is -2.30. The van der Waals surface area contributed by atoms with E-state index in [-0.39, 0.29) is 12.5 Å². The van der Waals surface area contributed by atoms with Crippen molar-refractivity contribution in [3.05, 3.63) is 101 Å². The van der Waals surface area contributed by atoms with Crippen LogP contribution < -0.4 is 11.1 Å². The molecule has 0 bridgehead atoms. The quantitative estimate of drug-likeness (QED) is 0.360. The Morgan fingerprint density at radius 2 is 1.72 bits per heavy atom. The van der Waals surface area contributed by atoms with Gasteiger partial charge < -0.3 is 5.73 Å². The molecule has 4 rings (SSSR count). The van der Waals surface area contributed by atoms with Crippen molar-refractivity contribution in [2.24, 2.45) is 20.2 Å². The molecule has 0 fully saturated rings. The predicted octanol–water partition coefficient (Wildman–Crippen LogP) is 4.01. The van der Waals surface area contributed by atoms with E-state index in [1.54, 1.807) is 24.3 Å². The largest absolute Gasteiger partial charge is 0.369 e. The smallest absolute Gasteiger partial charge is 0.285 e. The normalized spacial score (nSPS) is 16.6. The first-order valence-corrected chi connectivity index (χ1v) is 13.4. The summed E-state index contributed by atoms with van der Waals surface area (Å²) >= 11 is 6.08. The maximum atomic E-state index is 13.8. The van der Waals surface area contributed by atoms with Crippen molar-refractivity contribution in [3.63, 3.8) is 0 Å². The van der Waals surface area contributed by atoms with Crippen molar-refractivity contribution < 1.29 is 22.0 Å². The predicted molar refractivity (Wildman–Crippen MR) is 145 cm³/mol. The highest BCUT2D eigenvalue weighted by molar-refractivity contribution is 7.90. The Hall–Kier alpha value is -4.16. The third-order valence-electron chi connectivity index (χ3n) is 5.62. The Labute approximate surface area is 228 Å².